The quantitative estimate of drug-likeness (QED) is 0.783. The second-order valence-corrected chi connectivity index (χ2v) is 7.93. The van der Waals surface area contributed by atoms with Crippen molar-refractivity contribution >= 4 is 11.8 Å². The molecule has 29 heavy (non-hydrogen) atoms. The first-order valence-corrected chi connectivity index (χ1v) is 10.4. The highest BCUT2D eigenvalue weighted by Gasteiger charge is 2.40. The molecule has 2 heterocycles. The number of nitrogens with zero attached hydrogens (tertiary/aromatic N) is 2. The zero-order valence-electron chi connectivity index (χ0n) is 16.9. The average Bonchev–Trinajstić information content (AvgIpc) is 2.78. The number of fused-ring (bicyclic) bond motifs is 1. The van der Waals surface area contributed by atoms with E-state index in [9.17, 15) is 9.59 Å². The average molecular weight is 392 g/mol. The third kappa shape index (κ3) is 4.20. The van der Waals surface area contributed by atoms with Crippen molar-refractivity contribution in [3.8, 4) is 11.1 Å². The van der Waals surface area contributed by atoms with Gasteiger partial charge in [0, 0.05) is 44.8 Å². The predicted octanol–water partition coefficient (Wildman–Crippen LogP) is 3.45. The van der Waals surface area contributed by atoms with Crippen LogP contribution in [0.1, 0.15) is 29.6 Å². The van der Waals surface area contributed by atoms with E-state index in [1.807, 2.05) is 52.3 Å². The molecule has 0 bridgehead atoms. The van der Waals surface area contributed by atoms with E-state index in [0.29, 0.717) is 32.0 Å². The Kier molecular flexibility index (Phi) is 5.95. The molecule has 4 rings (SSSR count). The van der Waals surface area contributed by atoms with E-state index in [1.165, 1.54) is 0 Å². The molecule has 2 amide bonds. The third-order valence-electron chi connectivity index (χ3n) is 6.21. The van der Waals surface area contributed by atoms with Crippen molar-refractivity contribution in [3.05, 3.63) is 60.2 Å². The first-order valence-electron chi connectivity index (χ1n) is 10.4. The van der Waals surface area contributed by atoms with Crippen LogP contribution in [-0.4, -0.2) is 61.0 Å². The Bertz CT molecular complexity index is 850. The monoisotopic (exact) mass is 392 g/mol. The fourth-order valence-electron chi connectivity index (χ4n) is 4.63. The van der Waals surface area contributed by atoms with Gasteiger partial charge in [0.15, 0.2) is 0 Å². The van der Waals surface area contributed by atoms with E-state index < -0.39 is 0 Å². The molecule has 5 nitrogen and oxygen atoms in total. The molecule has 2 saturated heterocycles. The number of hydrogen-bond donors (Lipinski definition) is 0. The Morgan fingerprint density at radius 1 is 1.03 bits per heavy atom. The van der Waals surface area contributed by atoms with Crippen LogP contribution in [0.2, 0.25) is 0 Å². The number of rotatable bonds is 5. The van der Waals surface area contributed by atoms with Crippen LogP contribution >= 0.6 is 0 Å². The third-order valence-corrected chi connectivity index (χ3v) is 6.21. The van der Waals surface area contributed by atoms with Crippen LogP contribution in [0, 0.1) is 5.92 Å². The van der Waals surface area contributed by atoms with Crippen molar-refractivity contribution in [3.63, 3.8) is 0 Å². The summed E-state index contributed by atoms with van der Waals surface area (Å²) in [5, 5.41) is 0. The molecule has 2 aromatic rings. The summed E-state index contributed by atoms with van der Waals surface area (Å²) in [4.78, 5) is 29.3. The molecule has 2 fully saturated rings. The van der Waals surface area contributed by atoms with Gasteiger partial charge < -0.3 is 14.5 Å². The van der Waals surface area contributed by atoms with Crippen LogP contribution in [0.3, 0.4) is 0 Å². The fraction of sp³-hybridized carbons (Fsp3) is 0.417. The fourth-order valence-corrected chi connectivity index (χ4v) is 4.63. The van der Waals surface area contributed by atoms with Crippen LogP contribution < -0.4 is 0 Å². The largest absolute Gasteiger partial charge is 0.383 e. The van der Waals surface area contributed by atoms with Crippen LogP contribution in [-0.2, 0) is 9.53 Å². The maximum absolute atomic E-state index is 13.1. The summed E-state index contributed by atoms with van der Waals surface area (Å²) in [6, 6.07) is 18.3. The van der Waals surface area contributed by atoms with E-state index in [2.05, 4.69) is 12.1 Å². The Balaban J connectivity index is 1.42. The SMILES string of the molecule is COCCN1C(=O)CC[C@@H]2CN(C(=O)c3ccc(-c4ccccc4)cc3)CC[C@@H]21. The van der Waals surface area contributed by atoms with Crippen LogP contribution in [0.5, 0.6) is 0 Å². The lowest BCUT2D eigenvalue weighted by Gasteiger charge is -2.47. The van der Waals surface area contributed by atoms with Gasteiger partial charge in [-0.2, -0.15) is 0 Å². The van der Waals surface area contributed by atoms with Crippen LogP contribution in [0.15, 0.2) is 54.6 Å². The lowest BCUT2D eigenvalue weighted by molar-refractivity contribution is -0.141. The molecule has 5 heteroatoms. The molecule has 0 aromatic heterocycles. The second-order valence-electron chi connectivity index (χ2n) is 7.93. The van der Waals surface area contributed by atoms with Crippen molar-refractivity contribution in [2.75, 3.05) is 33.4 Å². The van der Waals surface area contributed by atoms with Gasteiger partial charge >= 0.3 is 0 Å². The van der Waals surface area contributed by atoms with Crippen molar-refractivity contribution in [1.82, 2.24) is 9.80 Å². The van der Waals surface area contributed by atoms with Gasteiger partial charge in [0.1, 0.15) is 0 Å². The molecule has 2 aromatic carbocycles. The predicted molar refractivity (Wildman–Crippen MR) is 112 cm³/mol. The van der Waals surface area contributed by atoms with Gasteiger partial charge in [0.2, 0.25) is 5.91 Å². The number of hydrogen-bond acceptors (Lipinski definition) is 3. The lowest BCUT2D eigenvalue weighted by atomic mass is 9.83. The van der Waals surface area contributed by atoms with Gasteiger partial charge in [0.25, 0.3) is 5.91 Å². The number of carbonyl (C=O) groups excluding carboxylic acids is 2. The summed E-state index contributed by atoms with van der Waals surface area (Å²) in [5.41, 5.74) is 2.99. The number of piperidine rings is 2. The highest BCUT2D eigenvalue weighted by atomic mass is 16.5. The number of methoxy groups -OCH3 is 1. The summed E-state index contributed by atoms with van der Waals surface area (Å²) in [6.45, 7) is 2.62. The lowest BCUT2D eigenvalue weighted by Crippen LogP contribution is -2.57. The molecule has 0 saturated carbocycles. The minimum Gasteiger partial charge on any atom is -0.383 e. The zero-order chi connectivity index (χ0) is 20.2. The van der Waals surface area contributed by atoms with Crippen molar-refractivity contribution in [2.24, 2.45) is 5.92 Å². The summed E-state index contributed by atoms with van der Waals surface area (Å²) in [6.07, 6.45) is 2.27. The molecular weight excluding hydrogens is 364 g/mol. The smallest absolute Gasteiger partial charge is 0.253 e. The summed E-state index contributed by atoms with van der Waals surface area (Å²) in [5.74, 6) is 0.661. The Hall–Kier alpha value is -2.66. The molecule has 2 aliphatic heterocycles. The van der Waals surface area contributed by atoms with Crippen molar-refractivity contribution < 1.29 is 14.3 Å². The van der Waals surface area contributed by atoms with E-state index in [4.69, 9.17) is 4.74 Å². The zero-order valence-corrected chi connectivity index (χ0v) is 16.9. The van der Waals surface area contributed by atoms with Gasteiger partial charge in [-0.1, -0.05) is 42.5 Å². The highest BCUT2D eigenvalue weighted by Crippen LogP contribution is 2.32. The van der Waals surface area contributed by atoms with E-state index >= 15 is 0 Å². The molecule has 2 aliphatic rings. The van der Waals surface area contributed by atoms with Gasteiger partial charge in [-0.3, -0.25) is 9.59 Å². The molecule has 0 aliphatic carbocycles. The molecule has 2 atom stereocenters. The van der Waals surface area contributed by atoms with E-state index in [1.54, 1.807) is 7.11 Å². The second kappa shape index (κ2) is 8.78. The van der Waals surface area contributed by atoms with E-state index in [0.717, 1.165) is 36.1 Å². The maximum Gasteiger partial charge on any atom is 0.253 e. The number of amides is 2. The molecule has 0 unspecified atom stereocenters. The summed E-state index contributed by atoms with van der Waals surface area (Å²) in [7, 11) is 1.66. The van der Waals surface area contributed by atoms with Crippen molar-refractivity contribution in [2.45, 2.75) is 25.3 Å². The van der Waals surface area contributed by atoms with Crippen LogP contribution in [0.25, 0.3) is 11.1 Å². The standard InChI is InChI=1S/C24H28N2O3/c1-29-16-15-26-22-13-14-25(17-21(22)11-12-23(26)27)24(28)20-9-7-19(8-10-20)18-5-3-2-4-6-18/h2-10,21-22H,11-17H2,1H3/t21-,22+/m1/s1. The Morgan fingerprint density at radius 3 is 2.48 bits per heavy atom. The summed E-state index contributed by atoms with van der Waals surface area (Å²) < 4.78 is 5.17. The van der Waals surface area contributed by atoms with Gasteiger partial charge in [-0.05, 0) is 42.0 Å². The number of likely N-dealkylation sites (tertiary alicyclic amines) is 2. The Morgan fingerprint density at radius 2 is 1.76 bits per heavy atom. The molecule has 0 radical (unpaired) electrons. The van der Waals surface area contributed by atoms with Gasteiger partial charge in [-0.15, -0.1) is 0 Å². The van der Waals surface area contributed by atoms with Crippen molar-refractivity contribution in [1.29, 1.82) is 0 Å². The molecule has 0 spiro atoms. The maximum atomic E-state index is 13.1. The number of ether oxygens (including phenoxy) is 1. The minimum atomic E-state index is 0.0865. The Labute approximate surface area is 172 Å². The molecule has 0 N–H and O–H groups in total. The topological polar surface area (TPSA) is 49.9 Å². The normalized spacial score (nSPS) is 21.8. The molecule has 152 valence electrons. The minimum absolute atomic E-state index is 0.0865. The van der Waals surface area contributed by atoms with Gasteiger partial charge in [-0.25, -0.2) is 0 Å². The number of carbonyl (C=O) groups is 2. The first kappa shape index (κ1) is 19.6. The van der Waals surface area contributed by atoms with E-state index in [-0.39, 0.29) is 17.9 Å². The first-order chi connectivity index (χ1) is 14.2. The summed E-state index contributed by atoms with van der Waals surface area (Å²) >= 11 is 0. The molecular formula is C24H28N2O3. The highest BCUT2D eigenvalue weighted by molar-refractivity contribution is 5.95. The van der Waals surface area contributed by atoms with Gasteiger partial charge in [0.05, 0.1) is 6.61 Å². The number of benzene rings is 2. The van der Waals surface area contributed by atoms with Crippen LogP contribution in [0.4, 0.5) is 0 Å².